The van der Waals surface area contributed by atoms with Gasteiger partial charge in [-0.25, -0.2) is 14.3 Å². The Morgan fingerprint density at radius 2 is 1.69 bits per heavy atom. The van der Waals surface area contributed by atoms with E-state index in [9.17, 15) is 33.9 Å². The number of hydrogen-bond acceptors (Lipinski definition) is 10. The van der Waals surface area contributed by atoms with Gasteiger partial charge in [0.15, 0.2) is 12.3 Å². The first kappa shape index (κ1) is 38.6. The van der Waals surface area contributed by atoms with Gasteiger partial charge in [0.05, 0.1) is 12.3 Å². The van der Waals surface area contributed by atoms with Gasteiger partial charge < -0.3 is 39.3 Å². The van der Waals surface area contributed by atoms with Crippen LogP contribution in [0.15, 0.2) is 36.4 Å². The summed E-state index contributed by atoms with van der Waals surface area (Å²) in [5, 5.41) is 16.6. The molecule has 2 N–H and O–H groups in total. The molecule has 278 valence electrons. The van der Waals surface area contributed by atoms with Crippen LogP contribution in [-0.4, -0.2) is 129 Å². The molecule has 2 aliphatic rings. The van der Waals surface area contributed by atoms with Crippen LogP contribution >= 0.6 is 0 Å². The van der Waals surface area contributed by atoms with Crippen LogP contribution in [0.25, 0.3) is 5.69 Å². The van der Waals surface area contributed by atoms with Crippen LogP contribution in [0.3, 0.4) is 0 Å². The summed E-state index contributed by atoms with van der Waals surface area (Å²) in [6.45, 7) is 8.21. The van der Waals surface area contributed by atoms with E-state index in [1.165, 1.54) is 25.4 Å². The molecule has 4 rings (SSSR count). The molecule has 2 aromatic rings. The second-order valence-corrected chi connectivity index (χ2v) is 13.4. The number of hydrogen-bond donors (Lipinski definition) is 2. The van der Waals surface area contributed by atoms with Crippen LogP contribution < -0.4 is 10.1 Å². The molecule has 0 aliphatic carbocycles. The number of nitrogens with one attached hydrogen (secondary N) is 1. The van der Waals surface area contributed by atoms with E-state index in [0.717, 1.165) is 12.8 Å². The fourth-order valence-corrected chi connectivity index (χ4v) is 5.74. The third-order valence-electron chi connectivity index (χ3n) is 8.35. The van der Waals surface area contributed by atoms with E-state index in [0.29, 0.717) is 31.7 Å². The van der Waals surface area contributed by atoms with Crippen LogP contribution in [0.2, 0.25) is 0 Å². The largest absolute Gasteiger partial charge is 0.480 e. The molecule has 1 aromatic heterocycles. The van der Waals surface area contributed by atoms with Crippen molar-refractivity contribution in [2.75, 3.05) is 45.9 Å². The standard InChI is InChI=1S/C35H48N6O10/c1-5-6-21-49-34(48)39-19-17-38(18-20-39)32(45)25(14-15-30(43)51-35(2,3)4)36-31(44)26-22-29(41(37-26)24-11-8-7-9-12-24)50-23-28(42)40-16-10-13-27(40)33(46)47/h7-9,11-12,22,25,27H,5-6,10,13-21,23H2,1-4H3,(H,36,44)(H,46,47). The highest BCUT2D eigenvalue weighted by Gasteiger charge is 2.35. The zero-order chi connectivity index (χ0) is 37.1. The molecule has 16 nitrogen and oxygen atoms in total. The van der Waals surface area contributed by atoms with Crippen molar-refractivity contribution in [3.63, 3.8) is 0 Å². The van der Waals surface area contributed by atoms with Crippen LogP contribution in [-0.2, 0) is 28.7 Å². The lowest BCUT2D eigenvalue weighted by molar-refractivity contribution is -0.155. The van der Waals surface area contributed by atoms with Gasteiger partial charge in [0.1, 0.15) is 17.7 Å². The summed E-state index contributed by atoms with van der Waals surface area (Å²) < 4.78 is 17.9. The average Bonchev–Trinajstić information content (AvgIpc) is 3.77. The Kier molecular flexibility index (Phi) is 13.4. The normalized spacial score (nSPS) is 16.7. The lowest BCUT2D eigenvalue weighted by atomic mass is 10.1. The van der Waals surface area contributed by atoms with Gasteiger partial charge in [-0.2, -0.15) is 5.10 Å². The number of piperazine rings is 1. The van der Waals surface area contributed by atoms with Gasteiger partial charge in [-0.05, 0) is 58.6 Å². The highest BCUT2D eigenvalue weighted by atomic mass is 16.6. The molecular formula is C35H48N6O10. The molecule has 1 aromatic carbocycles. The van der Waals surface area contributed by atoms with Crippen molar-refractivity contribution in [3.05, 3.63) is 42.1 Å². The summed E-state index contributed by atoms with van der Waals surface area (Å²) in [6, 6.07) is 8.00. The van der Waals surface area contributed by atoms with E-state index in [2.05, 4.69) is 10.4 Å². The molecule has 0 saturated carbocycles. The van der Waals surface area contributed by atoms with Crippen LogP contribution in [0, 0.1) is 0 Å². The number of carbonyl (C=O) groups excluding carboxylic acids is 5. The molecular weight excluding hydrogens is 664 g/mol. The topological polar surface area (TPSA) is 190 Å². The fourth-order valence-electron chi connectivity index (χ4n) is 5.74. The molecule has 4 amide bonds. The zero-order valence-electron chi connectivity index (χ0n) is 29.7. The molecule has 2 fully saturated rings. The lowest BCUT2D eigenvalue weighted by Gasteiger charge is -2.36. The van der Waals surface area contributed by atoms with Crippen molar-refractivity contribution >= 4 is 35.8 Å². The van der Waals surface area contributed by atoms with Crippen molar-refractivity contribution < 1.29 is 48.1 Å². The number of aliphatic carboxylic acids is 1. The van der Waals surface area contributed by atoms with E-state index in [1.54, 1.807) is 51.1 Å². The van der Waals surface area contributed by atoms with Crippen molar-refractivity contribution in [2.45, 2.75) is 83.9 Å². The minimum absolute atomic E-state index is 0.0457. The molecule has 2 unspecified atom stereocenters. The first-order valence-corrected chi connectivity index (χ1v) is 17.3. The van der Waals surface area contributed by atoms with Gasteiger partial charge in [-0.3, -0.25) is 19.2 Å². The van der Waals surface area contributed by atoms with E-state index < -0.39 is 60.0 Å². The van der Waals surface area contributed by atoms with Gasteiger partial charge >= 0.3 is 18.0 Å². The number of rotatable bonds is 14. The van der Waals surface area contributed by atoms with Crippen LogP contribution in [0.1, 0.15) is 76.7 Å². The average molecular weight is 713 g/mol. The predicted octanol–water partition coefficient (Wildman–Crippen LogP) is 2.63. The van der Waals surface area contributed by atoms with Gasteiger partial charge in [0.25, 0.3) is 11.8 Å². The number of ether oxygens (including phenoxy) is 3. The number of nitrogens with zero attached hydrogens (tertiary/aromatic N) is 5. The maximum absolute atomic E-state index is 13.8. The number of amides is 4. The van der Waals surface area contributed by atoms with Crippen molar-refractivity contribution in [2.24, 2.45) is 0 Å². The molecule has 3 heterocycles. The maximum atomic E-state index is 13.8. The summed E-state index contributed by atoms with van der Waals surface area (Å²) in [4.78, 5) is 81.4. The van der Waals surface area contributed by atoms with E-state index >= 15 is 0 Å². The Balaban J connectivity index is 1.50. The first-order chi connectivity index (χ1) is 24.3. The summed E-state index contributed by atoms with van der Waals surface area (Å²) in [5.74, 6) is -3.26. The van der Waals surface area contributed by atoms with E-state index in [4.69, 9.17) is 14.2 Å². The number of carbonyl (C=O) groups is 6. The molecule has 0 spiro atoms. The second-order valence-electron chi connectivity index (χ2n) is 13.4. The number of unbranched alkanes of at least 4 members (excludes halogenated alkanes) is 1. The number of esters is 1. The van der Waals surface area contributed by atoms with Crippen molar-refractivity contribution in [3.8, 4) is 11.6 Å². The molecule has 2 aliphatic heterocycles. The second kappa shape index (κ2) is 17.7. The van der Waals surface area contributed by atoms with Crippen molar-refractivity contribution in [1.82, 2.24) is 29.8 Å². The van der Waals surface area contributed by atoms with Gasteiger partial charge in [0, 0.05) is 45.2 Å². The smallest absolute Gasteiger partial charge is 0.409 e. The first-order valence-electron chi connectivity index (χ1n) is 17.3. The zero-order valence-corrected chi connectivity index (χ0v) is 29.7. The highest BCUT2D eigenvalue weighted by molar-refractivity contribution is 5.96. The molecule has 2 saturated heterocycles. The Labute approximate surface area is 297 Å². The Hall–Kier alpha value is -5.15. The van der Waals surface area contributed by atoms with Crippen molar-refractivity contribution in [1.29, 1.82) is 0 Å². The van der Waals surface area contributed by atoms with Gasteiger partial charge in [-0.1, -0.05) is 31.5 Å². The minimum Gasteiger partial charge on any atom is -0.480 e. The Morgan fingerprint density at radius 1 is 1.00 bits per heavy atom. The predicted molar refractivity (Wildman–Crippen MR) is 182 cm³/mol. The van der Waals surface area contributed by atoms with Gasteiger partial charge in [0.2, 0.25) is 11.8 Å². The number of carboxylic acid groups (broad SMARTS) is 1. The third kappa shape index (κ3) is 10.9. The molecule has 16 heteroatoms. The fraction of sp³-hybridized carbons (Fsp3) is 0.571. The highest BCUT2D eigenvalue weighted by Crippen LogP contribution is 2.22. The summed E-state index contributed by atoms with van der Waals surface area (Å²) in [6.07, 6.45) is 1.90. The molecule has 0 radical (unpaired) electrons. The lowest BCUT2D eigenvalue weighted by Crippen LogP contribution is -2.56. The van der Waals surface area contributed by atoms with Crippen LogP contribution in [0.5, 0.6) is 5.88 Å². The number of benzene rings is 1. The monoisotopic (exact) mass is 712 g/mol. The molecule has 51 heavy (non-hydrogen) atoms. The van der Waals surface area contributed by atoms with E-state index in [-0.39, 0.29) is 50.6 Å². The number of likely N-dealkylation sites (tertiary alicyclic amines) is 1. The molecule has 2 atom stereocenters. The Morgan fingerprint density at radius 3 is 2.33 bits per heavy atom. The van der Waals surface area contributed by atoms with Crippen LogP contribution in [0.4, 0.5) is 4.79 Å². The number of aromatic nitrogens is 2. The quantitative estimate of drug-likeness (QED) is 0.216. The Bertz CT molecular complexity index is 1550. The number of para-hydroxylation sites is 1. The van der Waals surface area contributed by atoms with Gasteiger partial charge in [-0.15, -0.1) is 0 Å². The maximum Gasteiger partial charge on any atom is 0.409 e. The minimum atomic E-state index is -1.14. The summed E-state index contributed by atoms with van der Waals surface area (Å²) in [7, 11) is 0. The summed E-state index contributed by atoms with van der Waals surface area (Å²) >= 11 is 0. The van der Waals surface area contributed by atoms with E-state index in [1.807, 2.05) is 6.92 Å². The SMILES string of the molecule is CCCCOC(=O)N1CCN(C(=O)C(CCC(=O)OC(C)(C)C)NC(=O)c2cc(OCC(=O)N3CCCC3C(=O)O)n(-c3ccccc3)n2)CC1. The third-order valence-corrected chi connectivity index (χ3v) is 8.35. The number of carboxylic acids is 1. The summed E-state index contributed by atoms with van der Waals surface area (Å²) in [5.41, 5.74) is -0.347. The molecule has 0 bridgehead atoms.